The maximum absolute atomic E-state index is 12.7. The van der Waals surface area contributed by atoms with Crippen LogP contribution in [0.5, 0.6) is 0 Å². The van der Waals surface area contributed by atoms with Gasteiger partial charge in [-0.05, 0) is 43.5 Å². The van der Waals surface area contributed by atoms with E-state index >= 15 is 0 Å². The highest BCUT2D eigenvalue weighted by Gasteiger charge is 2.34. The van der Waals surface area contributed by atoms with E-state index in [1.165, 1.54) is 0 Å². The second kappa shape index (κ2) is 5.78. The molecule has 2 N–H and O–H groups in total. The molecule has 3 nitrogen and oxygen atoms in total. The third-order valence-corrected chi connectivity index (χ3v) is 5.07. The fraction of sp³-hybridized carbons (Fsp3) is 0.353. The maximum atomic E-state index is 12.7. The van der Waals surface area contributed by atoms with Gasteiger partial charge in [0.2, 0.25) is 5.91 Å². The highest BCUT2D eigenvalue weighted by atomic mass is 79.9. The zero-order valence-electron chi connectivity index (χ0n) is 12.1. The van der Waals surface area contributed by atoms with Gasteiger partial charge >= 0.3 is 0 Å². The molecule has 0 aliphatic carbocycles. The number of halogens is 1. The molecular weight excluding hydrogens is 328 g/mol. The number of hydrogen-bond acceptors (Lipinski definition) is 2. The van der Waals surface area contributed by atoms with E-state index in [1.54, 1.807) is 0 Å². The third kappa shape index (κ3) is 2.83. The quantitative estimate of drug-likeness (QED) is 0.864. The van der Waals surface area contributed by atoms with E-state index in [9.17, 15) is 4.79 Å². The van der Waals surface area contributed by atoms with Gasteiger partial charge in [0.25, 0.3) is 0 Å². The predicted molar refractivity (Wildman–Crippen MR) is 90.5 cm³/mol. The van der Waals surface area contributed by atoms with Crippen LogP contribution < -0.4 is 10.6 Å². The number of piperidine rings is 1. The summed E-state index contributed by atoms with van der Waals surface area (Å²) in [7, 11) is 0. The molecule has 3 rings (SSSR count). The Kier molecular flexibility index (Phi) is 4.00. The summed E-state index contributed by atoms with van der Waals surface area (Å²) in [5.74, 6) is 0.122. The third-order valence-electron chi connectivity index (χ3n) is 4.37. The highest BCUT2D eigenvalue weighted by molar-refractivity contribution is 9.10. The van der Waals surface area contributed by atoms with E-state index < -0.39 is 0 Å². The number of carbonyl (C=O) groups is 1. The van der Waals surface area contributed by atoms with Crippen LogP contribution in [0.3, 0.4) is 0 Å². The minimum absolute atomic E-state index is 0.122. The molecular formula is C17H19BrN2O. The molecule has 2 aromatic rings. The summed E-state index contributed by atoms with van der Waals surface area (Å²) in [4.78, 5) is 12.7. The number of fused-ring (bicyclic) bond motifs is 1. The van der Waals surface area contributed by atoms with Crippen LogP contribution in [0.25, 0.3) is 10.8 Å². The first kappa shape index (κ1) is 14.5. The minimum atomic E-state index is -0.278. The van der Waals surface area contributed by atoms with E-state index in [1.807, 2.05) is 30.3 Å². The van der Waals surface area contributed by atoms with Crippen LogP contribution in [0.1, 0.15) is 19.8 Å². The predicted octanol–water partition coefficient (Wildman–Crippen LogP) is 3.93. The van der Waals surface area contributed by atoms with Gasteiger partial charge in [-0.1, -0.05) is 47.1 Å². The number of carbonyl (C=O) groups excluding carboxylic acids is 1. The molecule has 2 aromatic carbocycles. The molecule has 1 saturated heterocycles. The first-order valence-corrected chi connectivity index (χ1v) is 8.09. The summed E-state index contributed by atoms with van der Waals surface area (Å²) in [5.41, 5.74) is 0.609. The number of rotatable bonds is 2. The zero-order valence-corrected chi connectivity index (χ0v) is 13.7. The fourth-order valence-electron chi connectivity index (χ4n) is 2.85. The van der Waals surface area contributed by atoms with Gasteiger partial charge in [0, 0.05) is 21.0 Å². The Morgan fingerprint density at radius 1 is 1.14 bits per heavy atom. The molecule has 0 spiro atoms. The lowest BCUT2D eigenvalue weighted by Gasteiger charge is -2.32. The van der Waals surface area contributed by atoms with Crippen molar-refractivity contribution in [1.82, 2.24) is 5.32 Å². The summed E-state index contributed by atoms with van der Waals surface area (Å²) in [6, 6.07) is 12.1. The Balaban J connectivity index is 1.91. The Bertz CT molecular complexity index is 678. The van der Waals surface area contributed by atoms with Crippen LogP contribution >= 0.6 is 15.9 Å². The van der Waals surface area contributed by atoms with Gasteiger partial charge in [0.15, 0.2) is 0 Å². The molecule has 1 aliphatic rings. The smallest absolute Gasteiger partial charge is 0.230 e. The summed E-state index contributed by atoms with van der Waals surface area (Å²) in [5, 5.41) is 8.63. The van der Waals surface area contributed by atoms with Crippen molar-refractivity contribution in [3.05, 3.63) is 40.9 Å². The molecule has 1 aliphatic heterocycles. The second-order valence-corrected chi connectivity index (χ2v) is 6.76. The maximum Gasteiger partial charge on any atom is 0.230 e. The normalized spacial score (nSPS) is 17.6. The van der Waals surface area contributed by atoms with Crippen LogP contribution in [0.15, 0.2) is 40.9 Å². The Labute approximate surface area is 133 Å². The molecule has 0 unspecified atom stereocenters. The lowest BCUT2D eigenvalue weighted by molar-refractivity contribution is -0.126. The first-order valence-electron chi connectivity index (χ1n) is 7.30. The van der Waals surface area contributed by atoms with Crippen LogP contribution in [-0.2, 0) is 4.79 Å². The zero-order chi connectivity index (χ0) is 14.9. The van der Waals surface area contributed by atoms with Crippen LogP contribution in [-0.4, -0.2) is 19.0 Å². The highest BCUT2D eigenvalue weighted by Crippen LogP contribution is 2.33. The molecule has 0 atom stereocenters. The number of nitrogens with one attached hydrogen (secondary N) is 2. The van der Waals surface area contributed by atoms with Gasteiger partial charge in [-0.15, -0.1) is 0 Å². The van der Waals surface area contributed by atoms with Crippen molar-refractivity contribution in [1.29, 1.82) is 0 Å². The molecule has 1 amide bonds. The van der Waals surface area contributed by atoms with Crippen molar-refractivity contribution in [2.24, 2.45) is 5.41 Å². The molecule has 0 saturated carbocycles. The average molecular weight is 347 g/mol. The van der Waals surface area contributed by atoms with Gasteiger partial charge in [0.05, 0.1) is 0 Å². The van der Waals surface area contributed by atoms with E-state index in [2.05, 4.69) is 39.6 Å². The number of amides is 1. The van der Waals surface area contributed by atoms with Gasteiger partial charge in [-0.3, -0.25) is 4.79 Å². The van der Waals surface area contributed by atoms with Crippen molar-refractivity contribution < 1.29 is 4.79 Å². The summed E-state index contributed by atoms with van der Waals surface area (Å²) >= 11 is 3.56. The Morgan fingerprint density at radius 3 is 2.52 bits per heavy atom. The van der Waals surface area contributed by atoms with Gasteiger partial charge < -0.3 is 10.6 Å². The molecule has 1 heterocycles. The molecule has 110 valence electrons. The topological polar surface area (TPSA) is 41.1 Å². The first-order chi connectivity index (χ1) is 10.1. The van der Waals surface area contributed by atoms with Crippen molar-refractivity contribution >= 4 is 38.3 Å². The summed E-state index contributed by atoms with van der Waals surface area (Å²) in [6.45, 7) is 3.88. The van der Waals surface area contributed by atoms with Gasteiger partial charge in [-0.25, -0.2) is 0 Å². The number of benzene rings is 2. The number of anilines is 1. The molecule has 0 aromatic heterocycles. The number of hydrogen-bond donors (Lipinski definition) is 2. The van der Waals surface area contributed by atoms with E-state index in [4.69, 9.17) is 0 Å². The van der Waals surface area contributed by atoms with Crippen LogP contribution in [0.2, 0.25) is 0 Å². The lowest BCUT2D eigenvalue weighted by atomic mass is 9.80. The van der Waals surface area contributed by atoms with Gasteiger partial charge in [-0.2, -0.15) is 0 Å². The lowest BCUT2D eigenvalue weighted by Crippen LogP contribution is -2.42. The van der Waals surface area contributed by atoms with Crippen molar-refractivity contribution in [2.45, 2.75) is 19.8 Å². The van der Waals surface area contributed by atoms with Crippen molar-refractivity contribution in [3.8, 4) is 0 Å². The summed E-state index contributed by atoms with van der Waals surface area (Å²) in [6.07, 6.45) is 1.76. The van der Waals surface area contributed by atoms with E-state index in [0.29, 0.717) is 0 Å². The Hall–Kier alpha value is -1.39. The molecule has 0 radical (unpaired) electrons. The van der Waals surface area contributed by atoms with Crippen LogP contribution in [0.4, 0.5) is 5.69 Å². The van der Waals surface area contributed by atoms with E-state index in [0.717, 1.165) is 46.9 Å². The molecule has 4 heteroatoms. The van der Waals surface area contributed by atoms with Gasteiger partial charge in [0.1, 0.15) is 0 Å². The van der Waals surface area contributed by atoms with Crippen molar-refractivity contribution in [3.63, 3.8) is 0 Å². The molecule has 21 heavy (non-hydrogen) atoms. The van der Waals surface area contributed by atoms with E-state index in [-0.39, 0.29) is 11.3 Å². The standard InChI is InChI=1S/C17H19BrN2O/c1-17(8-10-19-11-9-17)16(21)20-15-7-6-14(18)12-4-2-3-5-13(12)15/h2-7,19H,8-11H2,1H3,(H,20,21). The summed E-state index contributed by atoms with van der Waals surface area (Å²) < 4.78 is 1.05. The average Bonchev–Trinajstić information content (AvgIpc) is 2.51. The Morgan fingerprint density at radius 2 is 1.81 bits per heavy atom. The van der Waals surface area contributed by atoms with Crippen molar-refractivity contribution in [2.75, 3.05) is 18.4 Å². The fourth-order valence-corrected chi connectivity index (χ4v) is 3.33. The second-order valence-electron chi connectivity index (χ2n) is 5.91. The monoisotopic (exact) mass is 346 g/mol. The molecule has 1 fully saturated rings. The van der Waals surface area contributed by atoms with Crippen LogP contribution in [0, 0.1) is 5.41 Å². The largest absolute Gasteiger partial charge is 0.325 e. The molecule has 0 bridgehead atoms. The minimum Gasteiger partial charge on any atom is -0.325 e. The SMILES string of the molecule is CC1(C(=O)Nc2ccc(Br)c3ccccc23)CCNCC1.